The summed E-state index contributed by atoms with van der Waals surface area (Å²) in [6, 6.07) is 8.10. The second kappa shape index (κ2) is 5.85. The molecule has 0 saturated heterocycles. The second-order valence-electron chi connectivity index (χ2n) is 5.02. The number of nitrogens with zero attached hydrogens (tertiary/aromatic N) is 1. The number of carbonyl (C=O) groups excluding carboxylic acids is 1. The molecule has 0 fully saturated rings. The fourth-order valence-corrected chi connectivity index (χ4v) is 2.26. The monoisotopic (exact) mass is 301 g/mol. The van der Waals surface area contributed by atoms with Crippen molar-refractivity contribution in [3.63, 3.8) is 0 Å². The summed E-state index contributed by atoms with van der Waals surface area (Å²) in [5.74, 6) is -2.76. The zero-order valence-electron chi connectivity index (χ0n) is 12.2. The first-order valence-electron chi connectivity index (χ1n) is 6.56. The van der Waals surface area contributed by atoms with Crippen molar-refractivity contribution in [2.45, 2.75) is 13.3 Å². The quantitative estimate of drug-likeness (QED) is 0.822. The number of aromatic carboxylic acids is 1. The third kappa shape index (κ3) is 2.90. The molecule has 114 valence electrons. The Morgan fingerprint density at radius 3 is 2.18 bits per heavy atom. The Bertz CT molecular complexity index is 756. The summed E-state index contributed by atoms with van der Waals surface area (Å²) in [5.41, 5.74) is 1.50. The van der Waals surface area contributed by atoms with Gasteiger partial charge in [0, 0.05) is 18.3 Å². The van der Waals surface area contributed by atoms with Crippen LogP contribution in [0.2, 0.25) is 0 Å². The highest BCUT2D eigenvalue weighted by atomic mass is 16.4. The van der Waals surface area contributed by atoms with Crippen LogP contribution in [-0.4, -0.2) is 32.5 Å². The Morgan fingerprint density at radius 1 is 1.09 bits per heavy atom. The largest absolute Gasteiger partial charge is 0.481 e. The zero-order chi connectivity index (χ0) is 16.4. The van der Waals surface area contributed by atoms with Gasteiger partial charge in [-0.05, 0) is 13.0 Å². The SMILES string of the molecule is Cc1ccc(C(=O)c2cc(C(=O)O)c(CC(=O)O)n2C)cc1. The van der Waals surface area contributed by atoms with Gasteiger partial charge < -0.3 is 14.8 Å². The molecule has 0 spiro atoms. The standard InChI is InChI=1S/C16H15NO5/c1-9-3-5-10(6-4-9)15(20)13-7-11(16(21)22)12(17(13)2)8-14(18)19/h3-7H,8H2,1-2H3,(H,18,19)(H,21,22). The summed E-state index contributed by atoms with van der Waals surface area (Å²) in [7, 11) is 1.49. The number of aliphatic carboxylic acids is 1. The highest BCUT2D eigenvalue weighted by Crippen LogP contribution is 2.19. The van der Waals surface area contributed by atoms with Gasteiger partial charge in [-0.25, -0.2) is 4.79 Å². The fraction of sp³-hybridized carbons (Fsp3) is 0.188. The lowest BCUT2D eigenvalue weighted by Crippen LogP contribution is -2.13. The van der Waals surface area contributed by atoms with Crippen LogP contribution in [0.25, 0.3) is 0 Å². The van der Waals surface area contributed by atoms with Gasteiger partial charge in [-0.2, -0.15) is 0 Å². The van der Waals surface area contributed by atoms with E-state index in [2.05, 4.69) is 0 Å². The smallest absolute Gasteiger partial charge is 0.337 e. The van der Waals surface area contributed by atoms with Gasteiger partial charge in [-0.15, -0.1) is 0 Å². The van der Waals surface area contributed by atoms with E-state index in [4.69, 9.17) is 5.11 Å². The summed E-state index contributed by atoms with van der Waals surface area (Å²) < 4.78 is 1.33. The first-order valence-corrected chi connectivity index (χ1v) is 6.56. The molecule has 0 aliphatic carbocycles. The van der Waals surface area contributed by atoms with Gasteiger partial charge in [0.15, 0.2) is 0 Å². The summed E-state index contributed by atoms with van der Waals surface area (Å²) in [6.45, 7) is 1.89. The third-order valence-corrected chi connectivity index (χ3v) is 3.45. The van der Waals surface area contributed by atoms with Crippen molar-refractivity contribution in [1.29, 1.82) is 0 Å². The van der Waals surface area contributed by atoms with E-state index in [-0.39, 0.29) is 22.7 Å². The number of hydrogen-bond donors (Lipinski definition) is 2. The molecule has 2 N–H and O–H groups in total. The van der Waals surface area contributed by atoms with Crippen molar-refractivity contribution in [3.05, 3.63) is 58.4 Å². The highest BCUT2D eigenvalue weighted by Gasteiger charge is 2.23. The van der Waals surface area contributed by atoms with Crippen molar-refractivity contribution in [2.24, 2.45) is 7.05 Å². The molecule has 0 aliphatic rings. The molecule has 1 aromatic heterocycles. The van der Waals surface area contributed by atoms with Crippen molar-refractivity contribution >= 4 is 17.7 Å². The predicted octanol–water partition coefficient (Wildman–Crippen LogP) is 1.89. The molecule has 0 bridgehead atoms. The minimum atomic E-state index is -1.25. The summed E-state index contributed by atoms with van der Waals surface area (Å²) in [6.07, 6.45) is -0.459. The van der Waals surface area contributed by atoms with Crippen LogP contribution in [0.5, 0.6) is 0 Å². The van der Waals surface area contributed by atoms with E-state index in [1.165, 1.54) is 17.7 Å². The van der Waals surface area contributed by atoms with Crippen LogP contribution in [0.15, 0.2) is 30.3 Å². The Balaban J connectivity index is 2.51. The molecule has 0 radical (unpaired) electrons. The van der Waals surface area contributed by atoms with E-state index >= 15 is 0 Å². The van der Waals surface area contributed by atoms with E-state index in [1.54, 1.807) is 24.3 Å². The van der Waals surface area contributed by atoms with Crippen LogP contribution in [0, 0.1) is 6.92 Å². The molecule has 0 aliphatic heterocycles. The lowest BCUT2D eigenvalue weighted by molar-refractivity contribution is -0.136. The first kappa shape index (κ1) is 15.5. The molecule has 2 rings (SSSR count). The maximum Gasteiger partial charge on any atom is 0.337 e. The van der Waals surface area contributed by atoms with Crippen LogP contribution in [-0.2, 0) is 18.3 Å². The second-order valence-corrected chi connectivity index (χ2v) is 5.02. The number of carboxylic acids is 2. The topological polar surface area (TPSA) is 96.6 Å². The molecular formula is C16H15NO5. The molecular weight excluding hydrogens is 286 g/mol. The molecule has 22 heavy (non-hydrogen) atoms. The van der Waals surface area contributed by atoms with Crippen LogP contribution in [0.1, 0.15) is 37.7 Å². The molecule has 0 atom stereocenters. The fourth-order valence-electron chi connectivity index (χ4n) is 2.26. The number of hydrogen-bond acceptors (Lipinski definition) is 3. The first-order chi connectivity index (χ1) is 10.3. The predicted molar refractivity (Wildman–Crippen MR) is 78.3 cm³/mol. The minimum Gasteiger partial charge on any atom is -0.481 e. The number of aromatic nitrogens is 1. The maximum absolute atomic E-state index is 12.5. The van der Waals surface area contributed by atoms with E-state index in [0.29, 0.717) is 5.56 Å². The average Bonchev–Trinajstić information content (AvgIpc) is 2.76. The van der Waals surface area contributed by atoms with Crippen LogP contribution >= 0.6 is 0 Å². The van der Waals surface area contributed by atoms with Gasteiger partial charge in [0.1, 0.15) is 0 Å². The van der Waals surface area contributed by atoms with Gasteiger partial charge >= 0.3 is 11.9 Å². The summed E-state index contributed by atoms with van der Waals surface area (Å²) in [5, 5.41) is 18.1. The Hall–Kier alpha value is -2.89. The number of ketones is 1. The average molecular weight is 301 g/mol. The number of carboxylic acid groups (broad SMARTS) is 2. The minimum absolute atomic E-state index is 0.0930. The molecule has 0 amide bonds. The molecule has 0 unspecified atom stereocenters. The van der Waals surface area contributed by atoms with Crippen LogP contribution in [0.4, 0.5) is 0 Å². The number of carbonyl (C=O) groups is 3. The van der Waals surface area contributed by atoms with Crippen molar-refractivity contribution in [2.75, 3.05) is 0 Å². The highest BCUT2D eigenvalue weighted by molar-refractivity contribution is 6.09. The van der Waals surface area contributed by atoms with Gasteiger partial charge in [-0.1, -0.05) is 29.8 Å². The zero-order valence-corrected chi connectivity index (χ0v) is 12.2. The summed E-state index contributed by atoms with van der Waals surface area (Å²) in [4.78, 5) is 34.6. The maximum atomic E-state index is 12.5. The lowest BCUT2D eigenvalue weighted by Gasteiger charge is -2.06. The van der Waals surface area contributed by atoms with Crippen molar-refractivity contribution in [3.8, 4) is 0 Å². The van der Waals surface area contributed by atoms with Crippen molar-refractivity contribution < 1.29 is 24.6 Å². The van der Waals surface area contributed by atoms with E-state index in [0.717, 1.165) is 5.56 Å². The molecule has 6 nitrogen and oxygen atoms in total. The number of aryl methyl sites for hydroxylation is 1. The van der Waals surface area contributed by atoms with Gasteiger partial charge in [0.25, 0.3) is 0 Å². The Morgan fingerprint density at radius 2 is 1.68 bits per heavy atom. The van der Waals surface area contributed by atoms with Gasteiger partial charge in [-0.3, -0.25) is 9.59 Å². The molecule has 1 heterocycles. The van der Waals surface area contributed by atoms with E-state index in [9.17, 15) is 19.5 Å². The number of benzene rings is 1. The van der Waals surface area contributed by atoms with E-state index < -0.39 is 18.4 Å². The third-order valence-electron chi connectivity index (χ3n) is 3.45. The van der Waals surface area contributed by atoms with E-state index in [1.807, 2.05) is 6.92 Å². The van der Waals surface area contributed by atoms with Crippen molar-refractivity contribution in [1.82, 2.24) is 4.57 Å². The Labute approximate surface area is 126 Å². The molecule has 6 heteroatoms. The normalized spacial score (nSPS) is 10.5. The molecule has 1 aromatic carbocycles. The number of rotatable bonds is 5. The van der Waals surface area contributed by atoms with Crippen LogP contribution in [0.3, 0.4) is 0 Å². The molecule has 2 aromatic rings. The summed E-state index contributed by atoms with van der Waals surface area (Å²) >= 11 is 0. The van der Waals surface area contributed by atoms with Gasteiger partial charge in [0.2, 0.25) is 5.78 Å². The van der Waals surface area contributed by atoms with Crippen LogP contribution < -0.4 is 0 Å². The Kier molecular flexibility index (Phi) is 4.12. The molecule has 0 saturated carbocycles. The van der Waals surface area contributed by atoms with Gasteiger partial charge in [0.05, 0.1) is 17.7 Å². The lowest BCUT2D eigenvalue weighted by atomic mass is 10.1.